The first-order valence-electron chi connectivity index (χ1n) is 6.11. The van der Waals surface area contributed by atoms with E-state index in [9.17, 15) is 9.18 Å². The van der Waals surface area contributed by atoms with Crippen LogP contribution in [0.3, 0.4) is 0 Å². The maximum Gasteiger partial charge on any atom is 0.265 e. The highest BCUT2D eigenvalue weighted by Gasteiger charge is 2.25. The minimum absolute atomic E-state index is 0.0272. The summed E-state index contributed by atoms with van der Waals surface area (Å²) in [6.07, 6.45) is 0. The lowest BCUT2D eigenvalue weighted by Gasteiger charge is -2.29. The zero-order chi connectivity index (χ0) is 14.1. The predicted octanol–water partition coefficient (Wildman–Crippen LogP) is 3.51. The highest BCUT2D eigenvalue weighted by atomic mass is 79.9. The molecule has 1 heterocycles. The molecule has 0 N–H and O–H groups in total. The Morgan fingerprint density at radius 1 is 1.25 bits per heavy atom. The minimum atomic E-state index is -0.317. The zero-order valence-corrected chi connectivity index (χ0v) is 12.1. The molecule has 0 unspecified atom stereocenters. The van der Waals surface area contributed by atoms with Crippen LogP contribution in [0.5, 0.6) is 5.75 Å². The molecule has 0 bridgehead atoms. The summed E-state index contributed by atoms with van der Waals surface area (Å²) in [6.45, 7) is 0.414. The van der Waals surface area contributed by atoms with Crippen molar-refractivity contribution in [3.8, 4) is 5.75 Å². The first-order valence-corrected chi connectivity index (χ1v) is 6.90. The quantitative estimate of drug-likeness (QED) is 0.840. The van der Waals surface area contributed by atoms with Gasteiger partial charge in [0.05, 0.1) is 16.7 Å². The smallest absolute Gasteiger partial charge is 0.265 e. The van der Waals surface area contributed by atoms with Crippen molar-refractivity contribution in [2.75, 3.05) is 11.5 Å². The molecule has 0 spiro atoms. The molecule has 0 aromatic heterocycles. The molecule has 102 valence electrons. The van der Waals surface area contributed by atoms with Crippen LogP contribution in [0.15, 0.2) is 46.9 Å². The summed E-state index contributed by atoms with van der Waals surface area (Å²) in [5, 5.41) is 0. The van der Waals surface area contributed by atoms with Crippen molar-refractivity contribution in [3.63, 3.8) is 0 Å². The number of benzene rings is 2. The van der Waals surface area contributed by atoms with Gasteiger partial charge in [0, 0.05) is 0 Å². The van der Waals surface area contributed by atoms with E-state index in [1.807, 2.05) is 24.3 Å². The van der Waals surface area contributed by atoms with Gasteiger partial charge in [-0.15, -0.1) is 0 Å². The van der Waals surface area contributed by atoms with Crippen molar-refractivity contribution in [3.05, 3.63) is 58.3 Å². The number of carbonyl (C=O) groups excluding carboxylic acids is 1. The van der Waals surface area contributed by atoms with Crippen LogP contribution in [0.2, 0.25) is 0 Å². The number of ether oxygens (including phenoxy) is 1. The molecule has 5 heteroatoms. The van der Waals surface area contributed by atoms with Crippen molar-refractivity contribution in [2.45, 2.75) is 6.54 Å². The number of halogens is 2. The summed E-state index contributed by atoms with van der Waals surface area (Å²) in [5.74, 6) is 0.264. The number of para-hydroxylation sites is 2. The summed E-state index contributed by atoms with van der Waals surface area (Å²) in [5.41, 5.74) is 1.59. The van der Waals surface area contributed by atoms with E-state index < -0.39 is 0 Å². The lowest BCUT2D eigenvalue weighted by atomic mass is 10.1. The number of rotatable bonds is 2. The van der Waals surface area contributed by atoms with E-state index in [1.165, 1.54) is 6.07 Å². The fraction of sp³-hybridized carbons (Fsp3) is 0.133. The van der Waals surface area contributed by atoms with Gasteiger partial charge in [0.15, 0.2) is 6.61 Å². The van der Waals surface area contributed by atoms with Gasteiger partial charge in [-0.05, 0) is 45.8 Å². The first-order chi connectivity index (χ1) is 9.65. The molecule has 1 amide bonds. The topological polar surface area (TPSA) is 29.5 Å². The third-order valence-corrected chi connectivity index (χ3v) is 3.74. The van der Waals surface area contributed by atoms with Crippen LogP contribution in [0.1, 0.15) is 5.56 Å². The molecule has 0 aliphatic carbocycles. The summed E-state index contributed by atoms with van der Waals surface area (Å²) in [4.78, 5) is 13.7. The standard InChI is InChI=1S/C15H11BrFNO2/c16-11-7-10(5-6-12(11)17)8-18-13-3-1-2-4-14(13)20-9-15(18)19/h1-7H,8-9H2. The van der Waals surface area contributed by atoms with Gasteiger partial charge in [-0.1, -0.05) is 18.2 Å². The van der Waals surface area contributed by atoms with Crippen LogP contribution in [0.25, 0.3) is 0 Å². The number of nitrogens with zero attached hydrogens (tertiary/aromatic N) is 1. The largest absolute Gasteiger partial charge is 0.482 e. The van der Waals surface area contributed by atoms with Crippen molar-refractivity contribution in [1.82, 2.24) is 0 Å². The Bertz CT molecular complexity index is 675. The third kappa shape index (κ3) is 2.41. The van der Waals surface area contributed by atoms with Gasteiger partial charge in [-0.2, -0.15) is 0 Å². The fourth-order valence-corrected chi connectivity index (χ4v) is 2.57. The molecule has 2 aromatic carbocycles. The van der Waals surface area contributed by atoms with Crippen LogP contribution in [-0.2, 0) is 11.3 Å². The van der Waals surface area contributed by atoms with Crippen LogP contribution >= 0.6 is 15.9 Å². The average molecular weight is 336 g/mol. The zero-order valence-electron chi connectivity index (χ0n) is 10.5. The Morgan fingerprint density at radius 3 is 2.85 bits per heavy atom. The van der Waals surface area contributed by atoms with Gasteiger partial charge in [-0.25, -0.2) is 4.39 Å². The third-order valence-electron chi connectivity index (χ3n) is 3.13. The second-order valence-corrected chi connectivity index (χ2v) is 5.34. The van der Waals surface area contributed by atoms with E-state index in [0.29, 0.717) is 16.8 Å². The van der Waals surface area contributed by atoms with Gasteiger partial charge in [0.25, 0.3) is 5.91 Å². The van der Waals surface area contributed by atoms with Crippen LogP contribution < -0.4 is 9.64 Å². The molecule has 20 heavy (non-hydrogen) atoms. The monoisotopic (exact) mass is 335 g/mol. The molecular weight excluding hydrogens is 325 g/mol. The summed E-state index contributed by atoms with van der Waals surface area (Å²) >= 11 is 3.15. The summed E-state index contributed by atoms with van der Waals surface area (Å²) in [6, 6.07) is 12.1. The van der Waals surface area contributed by atoms with Crippen molar-refractivity contribution >= 4 is 27.5 Å². The van der Waals surface area contributed by atoms with E-state index in [-0.39, 0.29) is 18.3 Å². The fourth-order valence-electron chi connectivity index (χ4n) is 2.15. The molecule has 1 aliphatic heterocycles. The Morgan fingerprint density at radius 2 is 2.05 bits per heavy atom. The van der Waals surface area contributed by atoms with Gasteiger partial charge in [0.1, 0.15) is 11.6 Å². The van der Waals surface area contributed by atoms with Crippen LogP contribution in [-0.4, -0.2) is 12.5 Å². The van der Waals surface area contributed by atoms with Crippen molar-refractivity contribution < 1.29 is 13.9 Å². The van der Waals surface area contributed by atoms with Gasteiger partial charge in [0.2, 0.25) is 0 Å². The minimum Gasteiger partial charge on any atom is -0.482 e. The number of amides is 1. The summed E-state index contributed by atoms with van der Waals surface area (Å²) in [7, 11) is 0. The van der Waals surface area contributed by atoms with E-state index in [4.69, 9.17) is 4.74 Å². The second-order valence-electron chi connectivity index (χ2n) is 4.48. The van der Waals surface area contributed by atoms with Gasteiger partial charge >= 0.3 is 0 Å². The Hall–Kier alpha value is -1.88. The summed E-state index contributed by atoms with van der Waals surface area (Å²) < 4.78 is 19.0. The highest BCUT2D eigenvalue weighted by molar-refractivity contribution is 9.10. The molecule has 0 atom stereocenters. The number of carbonyl (C=O) groups is 1. The lowest BCUT2D eigenvalue weighted by Crippen LogP contribution is -2.38. The highest BCUT2D eigenvalue weighted by Crippen LogP contribution is 2.32. The van der Waals surface area contributed by atoms with Crippen molar-refractivity contribution in [1.29, 1.82) is 0 Å². The Labute approximate surface area is 124 Å². The van der Waals surface area contributed by atoms with E-state index >= 15 is 0 Å². The van der Waals surface area contributed by atoms with E-state index in [1.54, 1.807) is 17.0 Å². The van der Waals surface area contributed by atoms with Gasteiger partial charge in [-0.3, -0.25) is 4.79 Å². The van der Waals surface area contributed by atoms with Gasteiger partial charge < -0.3 is 9.64 Å². The lowest BCUT2D eigenvalue weighted by molar-refractivity contribution is -0.121. The number of anilines is 1. The predicted molar refractivity (Wildman–Crippen MR) is 77.2 cm³/mol. The Kier molecular flexibility index (Phi) is 3.44. The number of fused-ring (bicyclic) bond motifs is 1. The molecule has 0 saturated heterocycles. The molecule has 0 radical (unpaired) electrons. The normalized spacial score (nSPS) is 13.9. The Balaban J connectivity index is 1.93. The molecule has 0 saturated carbocycles. The van der Waals surface area contributed by atoms with E-state index in [0.717, 1.165) is 11.3 Å². The molecule has 1 aliphatic rings. The van der Waals surface area contributed by atoms with Crippen LogP contribution in [0.4, 0.5) is 10.1 Å². The maximum absolute atomic E-state index is 13.2. The average Bonchev–Trinajstić information content (AvgIpc) is 2.46. The second kappa shape index (κ2) is 5.25. The molecule has 0 fully saturated rings. The number of hydrogen-bond acceptors (Lipinski definition) is 2. The first kappa shape index (κ1) is 13.1. The molecule has 2 aromatic rings. The van der Waals surface area contributed by atoms with Crippen LogP contribution in [0, 0.1) is 5.82 Å². The molecular formula is C15H11BrFNO2. The maximum atomic E-state index is 13.2. The van der Waals surface area contributed by atoms with Crippen molar-refractivity contribution in [2.24, 2.45) is 0 Å². The number of hydrogen-bond donors (Lipinski definition) is 0. The SMILES string of the molecule is O=C1COc2ccccc2N1Cc1ccc(F)c(Br)c1. The molecule has 3 rings (SSSR count). The molecule has 3 nitrogen and oxygen atoms in total. The van der Waals surface area contributed by atoms with E-state index in [2.05, 4.69) is 15.9 Å².